The van der Waals surface area contributed by atoms with Gasteiger partial charge in [0.2, 0.25) is 0 Å². The molecule has 9 aliphatic carbocycles. The van der Waals surface area contributed by atoms with Crippen LogP contribution in [0.1, 0.15) is 105 Å². The Bertz CT molecular complexity index is 5460. The van der Waals surface area contributed by atoms with Gasteiger partial charge in [-0.2, -0.15) is 34.8 Å². The molecule has 31 heteroatoms. The first-order valence-corrected chi connectivity index (χ1v) is 50.8. The van der Waals surface area contributed by atoms with Crippen LogP contribution in [0.25, 0.3) is 0 Å². The van der Waals surface area contributed by atoms with Gasteiger partial charge in [-0.05, 0) is 213 Å². The SMILES string of the molecule is O=C(OC1C2CC3C1OS(=O)(=O)C3C2)C(F)(F)S(=O)(=O)[O-].O=C(OCC(F)(F)S(=O)(=O)[O-])C12CC3CC(CC(C3)C1)C2.O=C(OCCCC(F)(F)S(=O)(=O)[O-])C1CC2c3ccccc3C1c1ccccc12.c1ccc([S+](c2ccccc2)c2ccccc2)cc1.c1ccc([S+](c2ccccc2)c2ccccc2)cc1.c1ccc([S+](c2ccccc2)c2ccccc2)cc1. The molecule has 670 valence electrons. The van der Waals surface area contributed by atoms with Crippen molar-refractivity contribution in [2.75, 3.05) is 13.2 Å². The van der Waals surface area contributed by atoms with Gasteiger partial charge in [-0.1, -0.05) is 212 Å². The van der Waals surface area contributed by atoms with E-state index in [9.17, 15) is 88.1 Å². The fourth-order valence-corrected chi connectivity index (χ4v) is 27.9. The lowest BCUT2D eigenvalue weighted by molar-refractivity contribution is -0.177. The van der Waals surface area contributed by atoms with Gasteiger partial charge in [-0.25, -0.2) is 30.0 Å². The van der Waals surface area contributed by atoms with Crippen LogP contribution in [0.3, 0.4) is 0 Å². The van der Waals surface area contributed by atoms with Crippen molar-refractivity contribution in [1.29, 1.82) is 0 Å². The maximum Gasteiger partial charge on any atom is 0.428 e. The monoisotopic (exact) mass is 1880 g/mol. The highest BCUT2D eigenvalue weighted by molar-refractivity contribution is 7.97. The van der Waals surface area contributed by atoms with Crippen LogP contribution in [0.2, 0.25) is 0 Å². The van der Waals surface area contributed by atoms with E-state index in [2.05, 4.69) is 295 Å². The van der Waals surface area contributed by atoms with E-state index in [0.29, 0.717) is 49.9 Å². The van der Waals surface area contributed by atoms with Gasteiger partial charge in [0.15, 0.2) is 81.0 Å². The number of rotatable bonds is 22. The summed E-state index contributed by atoms with van der Waals surface area (Å²) in [5, 5.41) is -14.9. The number of halogens is 6. The molecular formula is C97H90F6O18S7. The molecule has 7 fully saturated rings. The first-order valence-electron chi connectivity index (χ1n) is 41.4. The Balaban J connectivity index is 0.000000125. The van der Waals surface area contributed by atoms with Crippen molar-refractivity contribution >= 4 is 91.1 Å². The summed E-state index contributed by atoms with van der Waals surface area (Å²) in [6, 6.07) is 112. The molecule has 1 aliphatic heterocycles. The third kappa shape index (κ3) is 21.6. The Morgan fingerprint density at radius 3 is 1.03 bits per heavy atom. The molecular weight excluding hydrogens is 1790 g/mol. The number of carbonyl (C=O) groups excluding carboxylic acids is 3. The molecule has 1 saturated heterocycles. The van der Waals surface area contributed by atoms with Gasteiger partial charge in [-0.3, -0.25) is 13.8 Å². The molecule has 11 aromatic carbocycles. The summed E-state index contributed by atoms with van der Waals surface area (Å²) < 4.78 is 215. The lowest BCUT2D eigenvalue weighted by atomic mass is 9.49. The molecule has 0 amide bonds. The minimum absolute atomic E-state index is 0.0146. The fraction of sp³-hybridized carbons (Fsp3) is 0.289. The smallest absolute Gasteiger partial charge is 0.428 e. The maximum absolute atomic E-state index is 13.2. The topological polar surface area (TPSA) is 294 Å². The number of esters is 3. The van der Waals surface area contributed by atoms with Crippen LogP contribution < -0.4 is 0 Å². The molecule has 21 rings (SSSR count). The van der Waals surface area contributed by atoms with E-state index in [-0.39, 0.29) is 57.5 Å². The van der Waals surface area contributed by atoms with E-state index in [1.54, 1.807) is 0 Å². The normalized spacial score (nSPS) is 22.8. The first-order chi connectivity index (χ1) is 61.1. The molecule has 10 aliphatic rings. The third-order valence-corrected chi connectivity index (χ3v) is 35.1. The zero-order chi connectivity index (χ0) is 90.8. The van der Waals surface area contributed by atoms with Gasteiger partial charge in [0.25, 0.3) is 10.1 Å². The van der Waals surface area contributed by atoms with E-state index < -0.39 is 134 Å². The number of benzene rings is 11. The number of carbonyl (C=O) groups is 3. The summed E-state index contributed by atoms with van der Waals surface area (Å²) >= 11 is 0. The van der Waals surface area contributed by atoms with Gasteiger partial charge >= 0.3 is 33.7 Å². The van der Waals surface area contributed by atoms with Crippen molar-refractivity contribution in [2.24, 2.45) is 40.9 Å². The zero-order valence-electron chi connectivity index (χ0n) is 68.6. The number of hydrogen-bond acceptors (Lipinski definition) is 18. The quantitative estimate of drug-likeness (QED) is 0.0116. The number of fused-ring (bicyclic) bond motifs is 2. The second-order valence-electron chi connectivity index (χ2n) is 32.4. The van der Waals surface area contributed by atoms with E-state index in [4.69, 9.17) is 8.92 Å². The Labute approximate surface area is 749 Å². The minimum atomic E-state index is -6.21. The second kappa shape index (κ2) is 40.2. The number of alkyl halides is 6. The van der Waals surface area contributed by atoms with Crippen LogP contribution in [0.5, 0.6) is 0 Å². The van der Waals surface area contributed by atoms with Gasteiger partial charge < -0.3 is 27.9 Å². The Kier molecular flexibility index (Phi) is 29.6. The predicted molar refractivity (Wildman–Crippen MR) is 469 cm³/mol. The molecule has 0 radical (unpaired) electrons. The number of ether oxygens (including phenoxy) is 3. The van der Waals surface area contributed by atoms with Gasteiger partial charge in [0.1, 0.15) is 12.2 Å². The van der Waals surface area contributed by atoms with Crippen molar-refractivity contribution in [3.63, 3.8) is 0 Å². The van der Waals surface area contributed by atoms with Crippen LogP contribution in [0, 0.1) is 40.9 Å². The van der Waals surface area contributed by atoms with Crippen molar-refractivity contribution in [3.05, 3.63) is 344 Å². The first kappa shape index (κ1) is 94.2. The average molecular weight is 1880 g/mol. The van der Waals surface area contributed by atoms with Crippen molar-refractivity contribution in [1.82, 2.24) is 0 Å². The van der Waals surface area contributed by atoms with E-state index in [0.717, 1.165) is 30.4 Å². The van der Waals surface area contributed by atoms with Crippen LogP contribution in [0.4, 0.5) is 26.3 Å². The maximum atomic E-state index is 13.2. The molecule has 6 atom stereocenters. The molecule has 1 heterocycles. The van der Waals surface area contributed by atoms with Crippen LogP contribution in [-0.2, 0) is 106 Å². The van der Waals surface area contributed by atoms with Gasteiger partial charge in [-0.15, -0.1) is 0 Å². The van der Waals surface area contributed by atoms with Gasteiger partial charge in [0, 0.05) is 30.1 Å². The minimum Gasteiger partial charge on any atom is -0.743 e. The highest BCUT2D eigenvalue weighted by Crippen LogP contribution is 2.61. The zero-order valence-corrected chi connectivity index (χ0v) is 74.3. The second-order valence-corrected chi connectivity index (χ2v) is 44.7. The van der Waals surface area contributed by atoms with Crippen molar-refractivity contribution < 1.29 is 106 Å². The Morgan fingerprint density at radius 2 is 0.719 bits per heavy atom. The summed E-state index contributed by atoms with van der Waals surface area (Å²) in [6.07, 6.45) is 2.17. The van der Waals surface area contributed by atoms with E-state index in [1.807, 2.05) is 36.4 Å². The lowest BCUT2D eigenvalue weighted by Crippen LogP contribution is -2.51. The highest BCUT2D eigenvalue weighted by Gasteiger charge is 2.67. The molecule has 0 spiro atoms. The molecule has 6 saturated carbocycles. The molecule has 11 aromatic rings. The van der Waals surface area contributed by atoms with Crippen molar-refractivity contribution in [2.45, 2.75) is 160 Å². The summed E-state index contributed by atoms with van der Waals surface area (Å²) in [4.78, 5) is 48.4. The van der Waals surface area contributed by atoms with Gasteiger partial charge in [0.05, 0.1) is 55.9 Å². The summed E-state index contributed by atoms with van der Waals surface area (Å²) in [5.41, 5.74) is 3.81. The van der Waals surface area contributed by atoms with Crippen LogP contribution >= 0.6 is 0 Å². The molecule has 6 unspecified atom stereocenters. The van der Waals surface area contributed by atoms with Crippen LogP contribution in [-0.4, -0.2) is 112 Å². The highest BCUT2D eigenvalue weighted by atomic mass is 32.2. The van der Waals surface area contributed by atoms with Crippen molar-refractivity contribution in [3.8, 4) is 0 Å². The Morgan fingerprint density at radius 1 is 0.406 bits per heavy atom. The molecule has 0 aromatic heterocycles. The summed E-state index contributed by atoms with van der Waals surface area (Å²) in [7, 11) is -21.6. The van der Waals surface area contributed by atoms with E-state index in [1.165, 1.54) is 55.2 Å². The predicted octanol–water partition coefficient (Wildman–Crippen LogP) is 19.1. The molecule has 8 bridgehead atoms. The Hall–Kier alpha value is -9.90. The lowest BCUT2D eigenvalue weighted by Gasteiger charge is -2.55. The summed E-state index contributed by atoms with van der Waals surface area (Å²) in [6.45, 7) is -2.04. The fourth-order valence-electron chi connectivity index (χ4n) is 18.9. The third-order valence-electron chi connectivity index (χ3n) is 24.1. The largest absolute Gasteiger partial charge is 0.743 e. The van der Waals surface area contributed by atoms with E-state index >= 15 is 0 Å². The standard InChI is InChI=1S/C21H20F2O5S.3C18H15S.C13H18F2O5S.C9H10F2O8S2/c22-21(23,29(25,26)27)10-5-11-28-20(24)18-12-17-13-6-1-3-8-15(13)19(18)16-9-4-2-7-14(16)17;3*1-4-10-16(11-5-1)19(17-12-6-2-7-13-17)18-14-8-3-9-15-18;14-13(15,21(17,18)19)7-20-11(16)12-4-8-1-9(5-12)3-10(2-8)6-12;10-9(11,21(15,16)17)8(12)18-6-3-1-4-5(2-3)20(13,14)19-7(4)6/h1-4,6-9,17-19H,5,10-12H2,(H,25,26,27);3*1-15H;8-10H,1-7H2,(H,17,18,19);3-7H,1-2H2,(H,15,16,17)/q;3*+1;;/p-3. The molecule has 0 N–H and O–H groups in total. The number of hydrogen-bond donors (Lipinski definition) is 0. The summed E-state index contributed by atoms with van der Waals surface area (Å²) in [5.74, 6) is -3.93. The average Bonchev–Trinajstić information content (AvgIpc) is 1.51. The van der Waals surface area contributed by atoms with Crippen LogP contribution in [0.15, 0.2) is 366 Å². The molecule has 128 heavy (non-hydrogen) atoms. The molecule has 18 nitrogen and oxygen atoms in total.